The lowest BCUT2D eigenvalue weighted by Crippen LogP contribution is -2.45. The number of ether oxygens (including phenoxy) is 3. The molecule has 41 heavy (non-hydrogen) atoms. The molecule has 1 amide bonds. The monoisotopic (exact) mass is 572 g/mol. The van der Waals surface area contributed by atoms with E-state index >= 15 is 0 Å². The first kappa shape index (κ1) is 29.3. The lowest BCUT2D eigenvalue weighted by atomic mass is 9.95. The van der Waals surface area contributed by atoms with Gasteiger partial charge in [0.2, 0.25) is 0 Å². The molecule has 212 valence electrons. The van der Waals surface area contributed by atoms with E-state index in [1.165, 1.54) is 11.8 Å². The number of hydrogen-bond donors (Lipinski definition) is 3. The summed E-state index contributed by atoms with van der Waals surface area (Å²) < 4.78 is 16.9. The van der Waals surface area contributed by atoms with E-state index in [0.717, 1.165) is 16.9 Å². The number of esters is 1. The van der Waals surface area contributed by atoms with E-state index in [0.29, 0.717) is 34.3 Å². The van der Waals surface area contributed by atoms with E-state index in [1.807, 2.05) is 49.4 Å². The van der Waals surface area contributed by atoms with Gasteiger partial charge in [-0.3, -0.25) is 4.79 Å². The highest BCUT2D eigenvalue weighted by molar-refractivity contribution is 7.80. The molecule has 0 saturated heterocycles. The van der Waals surface area contributed by atoms with Gasteiger partial charge in [0.05, 0.1) is 24.4 Å². The Hall–Kier alpha value is -4.70. The molecule has 0 radical (unpaired) electrons. The molecule has 4 rings (SSSR count). The molecular formula is C31H32N4O5S. The molecule has 0 aromatic heterocycles. The summed E-state index contributed by atoms with van der Waals surface area (Å²) in [5.74, 6) is 0.245. The number of thiocarbonyl (C=S) groups is 1. The first-order valence-electron chi connectivity index (χ1n) is 13.1. The molecular weight excluding hydrogens is 540 g/mol. The van der Waals surface area contributed by atoms with Gasteiger partial charge in [0.15, 0.2) is 11.7 Å². The Morgan fingerprint density at radius 3 is 2.46 bits per heavy atom. The number of hydrogen-bond acceptors (Lipinski definition) is 7. The summed E-state index contributed by atoms with van der Waals surface area (Å²) >= 11 is 5.31. The molecule has 1 aliphatic rings. The largest absolute Gasteiger partial charge is 0.489 e. The number of carbonyl (C=O) groups is 2. The second-order valence-electron chi connectivity index (χ2n) is 9.25. The molecule has 1 aliphatic heterocycles. The Kier molecular flexibility index (Phi) is 10.1. The fourth-order valence-corrected chi connectivity index (χ4v) is 4.38. The van der Waals surface area contributed by atoms with Crippen LogP contribution in [-0.4, -0.2) is 36.4 Å². The van der Waals surface area contributed by atoms with Crippen LogP contribution in [0.4, 0.5) is 0 Å². The van der Waals surface area contributed by atoms with E-state index in [-0.39, 0.29) is 13.2 Å². The summed E-state index contributed by atoms with van der Waals surface area (Å²) in [6.45, 7) is 5.98. The summed E-state index contributed by atoms with van der Waals surface area (Å²) in [6, 6.07) is 22.1. The fourth-order valence-electron chi connectivity index (χ4n) is 4.11. The number of aryl methyl sites for hydroxylation is 1. The number of rotatable bonds is 11. The molecule has 0 spiro atoms. The van der Waals surface area contributed by atoms with E-state index < -0.39 is 17.9 Å². The molecule has 3 aromatic rings. The van der Waals surface area contributed by atoms with Crippen LogP contribution in [0.1, 0.15) is 42.1 Å². The van der Waals surface area contributed by atoms with Gasteiger partial charge in [0.25, 0.3) is 5.91 Å². The van der Waals surface area contributed by atoms with Gasteiger partial charge < -0.3 is 24.8 Å². The van der Waals surface area contributed by atoms with Crippen molar-refractivity contribution in [3.8, 4) is 11.5 Å². The summed E-state index contributed by atoms with van der Waals surface area (Å²) in [7, 11) is 0. The van der Waals surface area contributed by atoms with Crippen LogP contribution in [0.5, 0.6) is 11.5 Å². The molecule has 10 heteroatoms. The van der Waals surface area contributed by atoms with E-state index in [4.69, 9.17) is 26.4 Å². The van der Waals surface area contributed by atoms with Crippen LogP contribution in [0.15, 0.2) is 89.2 Å². The number of benzene rings is 3. The lowest BCUT2D eigenvalue weighted by molar-refractivity contribution is -0.139. The second-order valence-corrected chi connectivity index (χ2v) is 9.66. The molecule has 0 aliphatic carbocycles. The van der Waals surface area contributed by atoms with E-state index in [9.17, 15) is 9.59 Å². The highest BCUT2D eigenvalue weighted by Gasteiger charge is 2.32. The molecule has 3 aromatic carbocycles. The number of nitrogens with zero attached hydrogens (tertiary/aromatic N) is 1. The summed E-state index contributed by atoms with van der Waals surface area (Å²) in [4.78, 5) is 25.2. The third-order valence-electron chi connectivity index (χ3n) is 6.16. The number of amides is 1. The predicted molar refractivity (Wildman–Crippen MR) is 161 cm³/mol. The van der Waals surface area contributed by atoms with Gasteiger partial charge in [-0.1, -0.05) is 48.0 Å². The van der Waals surface area contributed by atoms with Gasteiger partial charge in [0.1, 0.15) is 18.1 Å². The van der Waals surface area contributed by atoms with Crippen LogP contribution in [0.2, 0.25) is 0 Å². The topological polar surface area (TPSA) is 110 Å². The minimum Gasteiger partial charge on any atom is -0.489 e. The van der Waals surface area contributed by atoms with Crippen LogP contribution in [-0.2, 0) is 20.9 Å². The van der Waals surface area contributed by atoms with Gasteiger partial charge in [-0.15, -0.1) is 0 Å². The zero-order valence-electron chi connectivity index (χ0n) is 23.1. The molecule has 1 heterocycles. The van der Waals surface area contributed by atoms with Crippen molar-refractivity contribution >= 4 is 35.4 Å². The van der Waals surface area contributed by atoms with Crippen molar-refractivity contribution in [1.29, 1.82) is 0 Å². The molecule has 3 N–H and O–H groups in total. The average Bonchev–Trinajstić information content (AvgIpc) is 2.96. The molecule has 1 atom stereocenters. The molecule has 0 bridgehead atoms. The fraction of sp³-hybridized carbons (Fsp3) is 0.226. The van der Waals surface area contributed by atoms with Crippen molar-refractivity contribution in [1.82, 2.24) is 16.1 Å². The minimum atomic E-state index is -0.607. The Labute approximate surface area is 244 Å². The standard InChI is InChI=1S/C31H32N4O5S/c1-4-38-30(37)28-21(3)33-31(41)34-29(28)25-7-5-6-8-26(25)40-19-27(36)35-32-17-22-13-15-24(16-14-22)39-18-23-11-9-20(2)10-12-23/h5-17,29H,4,18-19H2,1-3H3,(H,35,36)(H2,33,34,41)/t29-/m1/s1. The molecule has 9 nitrogen and oxygen atoms in total. The Morgan fingerprint density at radius 2 is 1.73 bits per heavy atom. The van der Waals surface area contributed by atoms with Crippen molar-refractivity contribution < 1.29 is 23.8 Å². The SMILES string of the molecule is CCOC(=O)C1=C(C)NC(=S)N[C@@H]1c1ccccc1OCC(=O)NN=Cc1ccc(OCc2ccc(C)cc2)cc1. The number of para-hydroxylation sites is 1. The van der Waals surface area contributed by atoms with Crippen molar-refractivity contribution in [3.63, 3.8) is 0 Å². The van der Waals surface area contributed by atoms with Crippen LogP contribution >= 0.6 is 12.2 Å². The van der Waals surface area contributed by atoms with Crippen LogP contribution in [0.3, 0.4) is 0 Å². The Balaban J connectivity index is 1.32. The highest BCUT2D eigenvalue weighted by Crippen LogP contribution is 2.33. The third kappa shape index (κ3) is 8.15. The molecule has 0 saturated carbocycles. The van der Waals surface area contributed by atoms with Gasteiger partial charge >= 0.3 is 5.97 Å². The zero-order valence-corrected chi connectivity index (χ0v) is 23.9. The first-order chi connectivity index (χ1) is 19.8. The molecule has 0 fully saturated rings. The van der Waals surface area contributed by atoms with Crippen LogP contribution < -0.4 is 25.5 Å². The quantitative estimate of drug-likeness (QED) is 0.134. The van der Waals surface area contributed by atoms with Crippen LogP contribution in [0.25, 0.3) is 0 Å². The zero-order chi connectivity index (χ0) is 29.2. The summed E-state index contributed by atoms with van der Waals surface area (Å²) in [5.41, 5.74) is 7.17. The maximum Gasteiger partial charge on any atom is 0.338 e. The average molecular weight is 573 g/mol. The minimum absolute atomic E-state index is 0.234. The second kappa shape index (κ2) is 14.1. The summed E-state index contributed by atoms with van der Waals surface area (Å²) in [6.07, 6.45) is 1.54. The Morgan fingerprint density at radius 1 is 1.00 bits per heavy atom. The highest BCUT2D eigenvalue weighted by atomic mass is 32.1. The summed E-state index contributed by atoms with van der Waals surface area (Å²) in [5, 5.41) is 10.5. The smallest absolute Gasteiger partial charge is 0.338 e. The van der Waals surface area contributed by atoms with Gasteiger partial charge in [0, 0.05) is 11.3 Å². The lowest BCUT2D eigenvalue weighted by Gasteiger charge is -2.30. The number of allylic oxidation sites excluding steroid dienone is 1. The van der Waals surface area contributed by atoms with E-state index in [1.54, 1.807) is 32.0 Å². The van der Waals surface area contributed by atoms with Crippen molar-refractivity contribution in [3.05, 3.63) is 106 Å². The normalized spacial score (nSPS) is 14.7. The number of nitrogens with one attached hydrogen (secondary N) is 3. The van der Waals surface area contributed by atoms with Crippen LogP contribution in [0, 0.1) is 6.92 Å². The molecule has 0 unspecified atom stereocenters. The van der Waals surface area contributed by atoms with Gasteiger partial charge in [-0.05, 0) is 74.4 Å². The number of hydrazone groups is 1. The van der Waals surface area contributed by atoms with Crippen molar-refractivity contribution in [2.45, 2.75) is 33.4 Å². The number of carbonyl (C=O) groups excluding carboxylic acids is 2. The third-order valence-corrected chi connectivity index (χ3v) is 6.38. The van der Waals surface area contributed by atoms with E-state index in [2.05, 4.69) is 33.3 Å². The maximum absolute atomic E-state index is 12.7. The maximum atomic E-state index is 12.7. The van der Waals surface area contributed by atoms with Gasteiger partial charge in [-0.2, -0.15) is 5.10 Å². The van der Waals surface area contributed by atoms with Gasteiger partial charge in [-0.25, -0.2) is 10.2 Å². The Bertz CT molecular complexity index is 1450. The van der Waals surface area contributed by atoms with Crippen molar-refractivity contribution in [2.24, 2.45) is 5.10 Å². The van der Waals surface area contributed by atoms with Crippen molar-refractivity contribution in [2.75, 3.05) is 13.2 Å². The first-order valence-corrected chi connectivity index (χ1v) is 13.5. The predicted octanol–water partition coefficient (Wildman–Crippen LogP) is 4.46.